The number of ether oxygens (including phenoxy) is 1. The van der Waals surface area contributed by atoms with Crippen LogP contribution in [0.15, 0.2) is 62.9 Å². The predicted octanol–water partition coefficient (Wildman–Crippen LogP) is 4.07. The van der Waals surface area contributed by atoms with Crippen LogP contribution in [0.4, 0.5) is 0 Å². The molecule has 0 unspecified atom stereocenters. The van der Waals surface area contributed by atoms with Crippen LogP contribution in [0.1, 0.15) is 35.7 Å². The number of amides is 1. The van der Waals surface area contributed by atoms with Crippen molar-refractivity contribution in [1.82, 2.24) is 4.57 Å². The van der Waals surface area contributed by atoms with Crippen LogP contribution in [-0.2, 0) is 22.5 Å². The number of aryl methyl sites for hydroxylation is 1. The Kier molecular flexibility index (Phi) is 6.32. The smallest absolute Gasteiger partial charge is 0.325 e. The topological polar surface area (TPSA) is 90.9 Å². The molecule has 0 atom stereocenters. The molecule has 4 rings (SSSR count). The molecule has 1 amide bonds. The Labute approximate surface area is 187 Å². The number of thiazole rings is 1. The zero-order chi connectivity index (χ0) is 22.7. The summed E-state index contributed by atoms with van der Waals surface area (Å²) in [6, 6.07) is 12.7. The maximum Gasteiger partial charge on any atom is 0.325 e. The van der Waals surface area contributed by atoms with Gasteiger partial charge in [0.05, 0.1) is 22.7 Å². The fourth-order valence-corrected chi connectivity index (χ4v) is 4.55. The maximum atomic E-state index is 12.9. The highest BCUT2D eigenvalue weighted by molar-refractivity contribution is 7.16. The highest BCUT2D eigenvalue weighted by Crippen LogP contribution is 2.21. The fourth-order valence-electron chi connectivity index (χ4n) is 3.46. The van der Waals surface area contributed by atoms with Crippen molar-refractivity contribution in [3.05, 3.63) is 74.9 Å². The molecule has 0 aliphatic rings. The molecule has 0 N–H and O–H groups in total. The number of methoxy groups -OCH3 is 1. The number of nitrogens with zero attached hydrogens (tertiary/aromatic N) is 2. The summed E-state index contributed by atoms with van der Waals surface area (Å²) < 4.78 is 12.8. The summed E-state index contributed by atoms with van der Waals surface area (Å²) in [7, 11) is 1.31. The average Bonchev–Trinajstić information content (AvgIpc) is 3.13. The van der Waals surface area contributed by atoms with E-state index < -0.39 is 17.3 Å². The van der Waals surface area contributed by atoms with Gasteiger partial charge < -0.3 is 13.7 Å². The third kappa shape index (κ3) is 4.27. The van der Waals surface area contributed by atoms with Crippen molar-refractivity contribution in [2.24, 2.45) is 4.99 Å². The molecule has 2 aromatic carbocycles. The normalized spacial score (nSPS) is 11.9. The maximum absolute atomic E-state index is 12.9. The average molecular weight is 451 g/mol. The van der Waals surface area contributed by atoms with Gasteiger partial charge in [0.1, 0.15) is 24.0 Å². The van der Waals surface area contributed by atoms with Crippen molar-refractivity contribution in [2.75, 3.05) is 7.11 Å². The number of carbonyl (C=O) groups is 2. The molecular weight excluding hydrogens is 428 g/mol. The van der Waals surface area contributed by atoms with Gasteiger partial charge in [0, 0.05) is 0 Å². The highest BCUT2D eigenvalue weighted by atomic mass is 32.1. The minimum Gasteiger partial charge on any atom is -0.468 e. The third-order valence-electron chi connectivity index (χ3n) is 5.19. The third-order valence-corrected chi connectivity index (χ3v) is 6.23. The van der Waals surface area contributed by atoms with Gasteiger partial charge in [-0.2, -0.15) is 4.99 Å². The number of unbranched alkanes of at least 4 members (excludes halogenated alkanes) is 1. The minimum atomic E-state index is -0.721. The molecule has 0 radical (unpaired) electrons. The predicted molar refractivity (Wildman–Crippen MR) is 123 cm³/mol. The van der Waals surface area contributed by atoms with E-state index >= 15 is 0 Å². The first-order valence-corrected chi connectivity index (χ1v) is 11.1. The molecule has 2 aromatic heterocycles. The van der Waals surface area contributed by atoms with Crippen molar-refractivity contribution >= 4 is 44.4 Å². The van der Waals surface area contributed by atoms with Gasteiger partial charge >= 0.3 is 5.97 Å². The van der Waals surface area contributed by atoms with E-state index in [-0.39, 0.29) is 12.1 Å². The molecule has 8 heteroatoms. The quantitative estimate of drug-likeness (QED) is 0.413. The first-order valence-electron chi connectivity index (χ1n) is 10.3. The molecule has 0 saturated heterocycles. The summed E-state index contributed by atoms with van der Waals surface area (Å²) in [6.07, 6.45) is 4.25. The van der Waals surface area contributed by atoms with Gasteiger partial charge in [-0.05, 0) is 42.7 Å². The van der Waals surface area contributed by atoms with Gasteiger partial charge in [-0.25, -0.2) is 0 Å². The number of fused-ring (bicyclic) bond motifs is 2. The van der Waals surface area contributed by atoms with Crippen LogP contribution in [-0.4, -0.2) is 23.6 Å². The standard InChI is InChI=1S/C24H22N2O5S/c1-3-4-7-15-10-11-18-20(12-15)32-24(26(18)13-21(27)30-2)25-23(29)17-14-31-19-9-6-5-8-16(19)22(17)28/h5-6,8-12,14H,3-4,7,13H2,1-2H3. The van der Waals surface area contributed by atoms with E-state index in [9.17, 15) is 14.4 Å². The van der Waals surface area contributed by atoms with Gasteiger partial charge in [0.2, 0.25) is 5.43 Å². The fraction of sp³-hybridized carbons (Fsp3) is 0.250. The first kappa shape index (κ1) is 21.7. The lowest BCUT2D eigenvalue weighted by Gasteiger charge is -2.05. The van der Waals surface area contributed by atoms with Crippen LogP contribution < -0.4 is 10.2 Å². The Morgan fingerprint density at radius 1 is 1.19 bits per heavy atom. The van der Waals surface area contributed by atoms with Crippen molar-refractivity contribution in [2.45, 2.75) is 32.7 Å². The second-order valence-corrected chi connectivity index (χ2v) is 8.35. The number of rotatable bonds is 6. The molecule has 164 valence electrons. The molecule has 0 saturated carbocycles. The number of aromatic nitrogens is 1. The summed E-state index contributed by atoms with van der Waals surface area (Å²) in [5.41, 5.74) is 1.75. The van der Waals surface area contributed by atoms with E-state index in [4.69, 9.17) is 9.15 Å². The summed E-state index contributed by atoms with van der Waals surface area (Å²) in [5, 5.41) is 0.313. The van der Waals surface area contributed by atoms with Gasteiger partial charge in [0.25, 0.3) is 5.91 Å². The zero-order valence-electron chi connectivity index (χ0n) is 17.8. The molecule has 0 spiro atoms. The number of para-hydroxylation sites is 1. The van der Waals surface area contributed by atoms with Gasteiger partial charge in [-0.3, -0.25) is 14.4 Å². The molecule has 0 aliphatic heterocycles. The van der Waals surface area contributed by atoms with E-state index in [1.165, 1.54) is 24.0 Å². The second-order valence-electron chi connectivity index (χ2n) is 7.34. The summed E-state index contributed by atoms with van der Waals surface area (Å²) in [5.74, 6) is -1.18. The lowest BCUT2D eigenvalue weighted by atomic mass is 10.1. The Bertz CT molecular complexity index is 1440. The van der Waals surface area contributed by atoms with Crippen LogP contribution in [0.25, 0.3) is 21.2 Å². The summed E-state index contributed by atoms with van der Waals surface area (Å²) >= 11 is 1.29. The lowest BCUT2D eigenvalue weighted by molar-refractivity contribution is -0.141. The zero-order valence-corrected chi connectivity index (χ0v) is 18.6. The number of hydrogen-bond donors (Lipinski definition) is 0. The molecule has 32 heavy (non-hydrogen) atoms. The molecule has 0 fully saturated rings. The summed E-state index contributed by atoms with van der Waals surface area (Å²) in [4.78, 5) is 42.2. The first-order chi connectivity index (χ1) is 15.5. The van der Waals surface area contributed by atoms with E-state index in [0.717, 1.165) is 35.7 Å². The van der Waals surface area contributed by atoms with Crippen molar-refractivity contribution in [3.63, 3.8) is 0 Å². The highest BCUT2D eigenvalue weighted by Gasteiger charge is 2.16. The largest absolute Gasteiger partial charge is 0.468 e. The SMILES string of the molecule is CCCCc1ccc2c(c1)sc(=NC(=O)c1coc3ccccc3c1=O)n2CC(=O)OC. The van der Waals surface area contributed by atoms with Gasteiger partial charge in [-0.15, -0.1) is 0 Å². The van der Waals surface area contributed by atoms with Crippen molar-refractivity contribution in [1.29, 1.82) is 0 Å². The molecule has 7 nitrogen and oxygen atoms in total. The van der Waals surface area contributed by atoms with Crippen LogP contribution in [0, 0.1) is 0 Å². The molecule has 2 heterocycles. The van der Waals surface area contributed by atoms with Crippen LogP contribution in [0.5, 0.6) is 0 Å². The van der Waals surface area contributed by atoms with Crippen LogP contribution >= 0.6 is 11.3 Å². The number of carbonyl (C=O) groups excluding carboxylic acids is 2. The van der Waals surface area contributed by atoms with Gasteiger partial charge in [0.15, 0.2) is 4.80 Å². The second kappa shape index (κ2) is 9.32. The lowest BCUT2D eigenvalue weighted by Crippen LogP contribution is -2.23. The van der Waals surface area contributed by atoms with E-state index in [0.29, 0.717) is 15.8 Å². The van der Waals surface area contributed by atoms with Gasteiger partial charge in [-0.1, -0.05) is 42.9 Å². The number of hydrogen-bond acceptors (Lipinski definition) is 6. The molecular formula is C24H22N2O5S. The summed E-state index contributed by atoms with van der Waals surface area (Å²) in [6.45, 7) is 2.04. The number of benzene rings is 2. The molecule has 0 aliphatic carbocycles. The van der Waals surface area contributed by atoms with E-state index in [2.05, 4.69) is 18.0 Å². The Morgan fingerprint density at radius 2 is 2.00 bits per heavy atom. The monoisotopic (exact) mass is 450 g/mol. The minimum absolute atomic E-state index is 0.0940. The Balaban J connectivity index is 1.83. The van der Waals surface area contributed by atoms with Crippen LogP contribution in [0.3, 0.4) is 0 Å². The molecule has 0 bridgehead atoms. The van der Waals surface area contributed by atoms with Crippen LogP contribution in [0.2, 0.25) is 0 Å². The van der Waals surface area contributed by atoms with E-state index in [1.807, 2.05) is 12.1 Å². The van der Waals surface area contributed by atoms with E-state index in [1.54, 1.807) is 28.8 Å². The molecule has 4 aromatic rings. The Hall–Kier alpha value is -3.52. The Morgan fingerprint density at radius 3 is 2.78 bits per heavy atom. The number of esters is 1. The van der Waals surface area contributed by atoms with Crippen molar-refractivity contribution in [3.8, 4) is 0 Å². The van der Waals surface area contributed by atoms with Crippen molar-refractivity contribution < 1.29 is 18.7 Å².